The number of aromatic hydroxyl groups is 1. The Morgan fingerprint density at radius 3 is 2.12 bits per heavy atom. The van der Waals surface area contributed by atoms with Gasteiger partial charge in [-0.2, -0.15) is 0 Å². The van der Waals surface area contributed by atoms with E-state index in [9.17, 15) is 9.90 Å². The largest absolute Gasteiger partial charge is 0.507 e. The Balaban J connectivity index is 2.49. The summed E-state index contributed by atoms with van der Waals surface area (Å²) in [7, 11) is 0. The van der Waals surface area contributed by atoms with Crippen molar-refractivity contribution in [2.45, 2.75) is 13.8 Å². The molecule has 5 heteroatoms. The van der Waals surface area contributed by atoms with Crippen LogP contribution in [0.5, 0.6) is 5.75 Å². The van der Waals surface area contributed by atoms with Gasteiger partial charge in [0.25, 0.3) is 5.56 Å². The SMILES string of the molecule is C/C(=N\O)c1c(O)c(C)c(-c2ccccc2)n(-c2ccccc2)c1=O. The molecule has 5 nitrogen and oxygen atoms in total. The van der Waals surface area contributed by atoms with Crippen LogP contribution in [-0.4, -0.2) is 20.6 Å². The number of rotatable bonds is 3. The number of oxime groups is 1. The maximum atomic E-state index is 13.1. The zero-order valence-corrected chi connectivity index (χ0v) is 14.0. The summed E-state index contributed by atoms with van der Waals surface area (Å²) >= 11 is 0. The normalized spacial score (nSPS) is 11.5. The van der Waals surface area contributed by atoms with Crippen molar-refractivity contribution in [2.75, 3.05) is 0 Å². The molecule has 0 aliphatic rings. The standard InChI is InChI=1S/C20H18N2O3/c1-13-18(15-9-5-3-6-10-15)22(16-11-7-4-8-12-16)20(24)17(19(13)23)14(2)21-25/h3-12,23,25H,1-2H3/b21-14+. The Morgan fingerprint density at radius 1 is 1.00 bits per heavy atom. The van der Waals surface area contributed by atoms with E-state index in [1.807, 2.05) is 60.7 Å². The minimum absolute atomic E-state index is 0.0106. The topological polar surface area (TPSA) is 74.8 Å². The van der Waals surface area contributed by atoms with Gasteiger partial charge in [-0.05, 0) is 31.5 Å². The second-order valence-corrected chi connectivity index (χ2v) is 5.72. The lowest BCUT2D eigenvalue weighted by atomic mass is 10.0. The summed E-state index contributed by atoms with van der Waals surface area (Å²) in [6.07, 6.45) is 0. The maximum Gasteiger partial charge on any atom is 0.268 e. The number of pyridine rings is 1. The quantitative estimate of drug-likeness (QED) is 0.435. The fourth-order valence-electron chi connectivity index (χ4n) is 2.92. The number of nitrogens with zero attached hydrogens (tertiary/aromatic N) is 2. The molecule has 0 amide bonds. The van der Waals surface area contributed by atoms with E-state index in [0.717, 1.165) is 5.56 Å². The summed E-state index contributed by atoms with van der Waals surface area (Å²) in [6, 6.07) is 18.6. The summed E-state index contributed by atoms with van der Waals surface area (Å²) in [5.41, 5.74) is 2.22. The van der Waals surface area contributed by atoms with Crippen LogP contribution in [0.15, 0.2) is 70.6 Å². The first kappa shape index (κ1) is 16.5. The van der Waals surface area contributed by atoms with Crippen LogP contribution in [0.25, 0.3) is 16.9 Å². The molecule has 126 valence electrons. The van der Waals surface area contributed by atoms with Gasteiger partial charge in [-0.25, -0.2) is 0 Å². The Labute approximate surface area is 145 Å². The summed E-state index contributed by atoms with van der Waals surface area (Å²) in [5.74, 6) is -0.175. The third-order valence-corrected chi connectivity index (χ3v) is 4.16. The lowest BCUT2D eigenvalue weighted by molar-refractivity contribution is 0.318. The average molecular weight is 334 g/mol. The Morgan fingerprint density at radius 2 is 1.56 bits per heavy atom. The highest BCUT2D eigenvalue weighted by molar-refractivity contribution is 6.01. The van der Waals surface area contributed by atoms with E-state index in [0.29, 0.717) is 16.9 Å². The molecule has 2 N–H and O–H groups in total. The Hall–Kier alpha value is -3.34. The molecule has 0 aliphatic carbocycles. The first-order chi connectivity index (χ1) is 12.1. The van der Waals surface area contributed by atoms with Gasteiger partial charge in [0, 0.05) is 11.3 Å². The van der Waals surface area contributed by atoms with Crippen molar-refractivity contribution in [2.24, 2.45) is 5.16 Å². The molecular formula is C20H18N2O3. The summed E-state index contributed by atoms with van der Waals surface area (Å²) in [4.78, 5) is 13.1. The molecular weight excluding hydrogens is 316 g/mol. The number of aromatic nitrogens is 1. The predicted molar refractivity (Wildman–Crippen MR) is 97.9 cm³/mol. The van der Waals surface area contributed by atoms with Crippen LogP contribution in [0, 0.1) is 6.92 Å². The molecule has 25 heavy (non-hydrogen) atoms. The first-order valence-electron chi connectivity index (χ1n) is 7.84. The van der Waals surface area contributed by atoms with Gasteiger partial charge in [0.2, 0.25) is 0 Å². The van der Waals surface area contributed by atoms with Crippen molar-refractivity contribution < 1.29 is 10.3 Å². The molecule has 3 rings (SSSR count). The van der Waals surface area contributed by atoms with Gasteiger partial charge < -0.3 is 10.3 Å². The fourth-order valence-corrected chi connectivity index (χ4v) is 2.92. The van der Waals surface area contributed by atoms with Gasteiger partial charge >= 0.3 is 0 Å². The first-order valence-corrected chi connectivity index (χ1v) is 7.84. The van der Waals surface area contributed by atoms with Gasteiger partial charge in [0.15, 0.2) is 0 Å². The zero-order chi connectivity index (χ0) is 18.0. The summed E-state index contributed by atoms with van der Waals surface area (Å²) < 4.78 is 1.54. The molecule has 0 fully saturated rings. The second-order valence-electron chi connectivity index (χ2n) is 5.72. The van der Waals surface area contributed by atoms with Crippen LogP contribution in [0.4, 0.5) is 0 Å². The molecule has 2 aromatic carbocycles. The zero-order valence-electron chi connectivity index (χ0n) is 14.0. The molecule has 0 unspecified atom stereocenters. The van der Waals surface area contributed by atoms with Gasteiger partial charge in [0.05, 0.1) is 11.4 Å². The molecule has 3 aromatic rings. The highest BCUT2D eigenvalue weighted by Crippen LogP contribution is 2.32. The van der Waals surface area contributed by atoms with Crippen molar-refractivity contribution in [3.8, 4) is 22.7 Å². The number of hydrogen-bond donors (Lipinski definition) is 2. The van der Waals surface area contributed by atoms with Crippen molar-refractivity contribution in [3.63, 3.8) is 0 Å². The van der Waals surface area contributed by atoms with Gasteiger partial charge in [0.1, 0.15) is 11.3 Å². The molecule has 0 atom stereocenters. The molecule has 1 aromatic heterocycles. The third-order valence-electron chi connectivity index (χ3n) is 4.16. The average Bonchev–Trinajstić information content (AvgIpc) is 2.65. The van der Waals surface area contributed by atoms with Crippen molar-refractivity contribution >= 4 is 5.71 Å². The lowest BCUT2D eigenvalue weighted by Crippen LogP contribution is -2.27. The maximum absolute atomic E-state index is 13.1. The van der Waals surface area contributed by atoms with E-state index in [1.54, 1.807) is 6.92 Å². The van der Waals surface area contributed by atoms with Crippen molar-refractivity contribution in [1.82, 2.24) is 4.57 Å². The fraction of sp³-hybridized carbons (Fsp3) is 0.100. The third kappa shape index (κ3) is 2.80. The minimum Gasteiger partial charge on any atom is -0.507 e. The smallest absolute Gasteiger partial charge is 0.268 e. The monoisotopic (exact) mass is 334 g/mol. The molecule has 0 saturated heterocycles. The van der Waals surface area contributed by atoms with Crippen LogP contribution in [-0.2, 0) is 0 Å². The van der Waals surface area contributed by atoms with Crippen LogP contribution >= 0.6 is 0 Å². The highest BCUT2D eigenvalue weighted by atomic mass is 16.4. The number of hydrogen-bond acceptors (Lipinski definition) is 4. The second kappa shape index (κ2) is 6.65. The molecule has 0 saturated carbocycles. The molecule has 0 bridgehead atoms. The van der Waals surface area contributed by atoms with Crippen LogP contribution in [0.3, 0.4) is 0 Å². The lowest BCUT2D eigenvalue weighted by Gasteiger charge is -2.19. The van der Waals surface area contributed by atoms with Gasteiger partial charge in [-0.1, -0.05) is 53.7 Å². The van der Waals surface area contributed by atoms with Crippen LogP contribution < -0.4 is 5.56 Å². The van der Waals surface area contributed by atoms with Crippen LogP contribution in [0.2, 0.25) is 0 Å². The Bertz CT molecular complexity index is 991. The molecule has 0 aliphatic heterocycles. The van der Waals surface area contributed by atoms with E-state index in [1.165, 1.54) is 11.5 Å². The molecule has 1 heterocycles. The van der Waals surface area contributed by atoms with E-state index >= 15 is 0 Å². The predicted octanol–water partition coefficient (Wildman–Crippen LogP) is 3.72. The van der Waals surface area contributed by atoms with E-state index < -0.39 is 5.56 Å². The number of para-hydroxylation sites is 1. The van der Waals surface area contributed by atoms with E-state index in [-0.39, 0.29) is 17.0 Å². The van der Waals surface area contributed by atoms with E-state index in [4.69, 9.17) is 5.21 Å². The minimum atomic E-state index is -0.441. The Kier molecular flexibility index (Phi) is 4.39. The van der Waals surface area contributed by atoms with Crippen LogP contribution in [0.1, 0.15) is 18.1 Å². The molecule has 0 spiro atoms. The van der Waals surface area contributed by atoms with E-state index in [2.05, 4.69) is 5.16 Å². The van der Waals surface area contributed by atoms with Crippen molar-refractivity contribution in [3.05, 3.63) is 82.1 Å². The highest BCUT2D eigenvalue weighted by Gasteiger charge is 2.22. The van der Waals surface area contributed by atoms with Gasteiger partial charge in [-0.15, -0.1) is 0 Å². The molecule has 0 radical (unpaired) electrons. The van der Waals surface area contributed by atoms with Gasteiger partial charge in [-0.3, -0.25) is 9.36 Å². The summed E-state index contributed by atoms with van der Waals surface area (Å²) in [6.45, 7) is 3.22. The number of benzene rings is 2. The van der Waals surface area contributed by atoms with Crippen molar-refractivity contribution in [1.29, 1.82) is 0 Å². The summed E-state index contributed by atoms with van der Waals surface area (Å²) in [5, 5.41) is 22.8.